The molecule has 0 saturated heterocycles. The van der Waals surface area contributed by atoms with Crippen molar-refractivity contribution >= 4 is 27.3 Å². The minimum Gasteiger partial charge on any atom is -0.367 e. The standard InChI is InChI=1S/C22H19ClFNO3S/c1-15-2-10-20(11-3-15)29(26,27)25-13-22(16-4-7-18(23)8-5-16)28-14-17-6-9-19(24)12-21(17)25/h2-12,22H,13-14H2,1H3. The summed E-state index contributed by atoms with van der Waals surface area (Å²) in [5.41, 5.74) is 2.65. The highest BCUT2D eigenvalue weighted by atomic mass is 35.5. The molecule has 4 nitrogen and oxygen atoms in total. The number of hydrogen-bond donors (Lipinski definition) is 0. The third-order valence-electron chi connectivity index (χ3n) is 4.94. The van der Waals surface area contributed by atoms with E-state index in [4.69, 9.17) is 16.3 Å². The third-order valence-corrected chi connectivity index (χ3v) is 6.98. The van der Waals surface area contributed by atoms with Gasteiger partial charge in [0.2, 0.25) is 0 Å². The Bertz CT molecular complexity index is 1130. The van der Waals surface area contributed by atoms with Gasteiger partial charge >= 0.3 is 0 Å². The van der Waals surface area contributed by atoms with Crippen LogP contribution in [0.3, 0.4) is 0 Å². The van der Waals surface area contributed by atoms with Crippen LogP contribution in [0.25, 0.3) is 0 Å². The quantitative estimate of drug-likeness (QED) is 0.568. The zero-order valence-corrected chi connectivity index (χ0v) is 17.3. The number of ether oxygens (including phenoxy) is 1. The van der Waals surface area contributed by atoms with Gasteiger partial charge in [-0.15, -0.1) is 0 Å². The summed E-state index contributed by atoms with van der Waals surface area (Å²) in [5.74, 6) is -0.502. The number of anilines is 1. The van der Waals surface area contributed by atoms with Crippen LogP contribution in [0.5, 0.6) is 0 Å². The van der Waals surface area contributed by atoms with Gasteiger partial charge in [-0.25, -0.2) is 12.8 Å². The zero-order valence-electron chi connectivity index (χ0n) is 15.7. The summed E-state index contributed by atoms with van der Waals surface area (Å²) in [7, 11) is -3.92. The van der Waals surface area contributed by atoms with Crippen molar-refractivity contribution < 1.29 is 17.5 Å². The molecule has 4 rings (SSSR count). The first kappa shape index (κ1) is 19.9. The number of aryl methyl sites for hydroxylation is 1. The average Bonchev–Trinajstić information content (AvgIpc) is 2.89. The molecule has 1 unspecified atom stereocenters. The first-order valence-electron chi connectivity index (χ1n) is 9.09. The second-order valence-electron chi connectivity index (χ2n) is 6.97. The number of sulfonamides is 1. The largest absolute Gasteiger partial charge is 0.367 e. The molecule has 0 fully saturated rings. The van der Waals surface area contributed by atoms with Crippen LogP contribution in [0.15, 0.2) is 71.6 Å². The minimum absolute atomic E-state index is 0.0221. The first-order valence-corrected chi connectivity index (χ1v) is 10.9. The lowest BCUT2D eigenvalue weighted by Gasteiger charge is -2.27. The van der Waals surface area contributed by atoms with Gasteiger partial charge in [0.1, 0.15) is 11.9 Å². The maximum atomic E-state index is 14.0. The molecule has 1 aliphatic heterocycles. The number of benzene rings is 3. The van der Waals surface area contributed by atoms with Crippen LogP contribution in [-0.2, 0) is 21.4 Å². The SMILES string of the molecule is Cc1ccc(S(=O)(=O)N2CC(c3ccc(Cl)cc3)OCc3ccc(F)cc32)cc1. The molecule has 1 atom stereocenters. The van der Waals surface area contributed by atoms with Crippen molar-refractivity contribution in [1.29, 1.82) is 0 Å². The summed E-state index contributed by atoms with van der Waals surface area (Å²) in [6, 6.07) is 17.8. The number of halogens is 2. The van der Waals surface area contributed by atoms with Crippen molar-refractivity contribution in [2.24, 2.45) is 0 Å². The first-order chi connectivity index (χ1) is 13.8. The van der Waals surface area contributed by atoms with E-state index in [1.807, 2.05) is 6.92 Å². The lowest BCUT2D eigenvalue weighted by atomic mass is 10.1. The van der Waals surface area contributed by atoms with Crippen molar-refractivity contribution in [1.82, 2.24) is 0 Å². The molecule has 3 aromatic carbocycles. The normalized spacial score (nSPS) is 16.9. The van der Waals surface area contributed by atoms with Crippen molar-refractivity contribution in [3.8, 4) is 0 Å². The van der Waals surface area contributed by atoms with Gasteiger partial charge < -0.3 is 4.74 Å². The van der Waals surface area contributed by atoms with E-state index in [2.05, 4.69) is 0 Å². The Kier molecular flexibility index (Phi) is 5.34. The number of rotatable bonds is 3. The predicted molar refractivity (Wildman–Crippen MR) is 111 cm³/mol. The van der Waals surface area contributed by atoms with E-state index in [9.17, 15) is 12.8 Å². The Hall–Kier alpha value is -2.41. The average molecular weight is 432 g/mol. The van der Waals surface area contributed by atoms with E-state index in [0.717, 1.165) is 11.1 Å². The highest BCUT2D eigenvalue weighted by Gasteiger charge is 2.33. The van der Waals surface area contributed by atoms with E-state index < -0.39 is 21.9 Å². The molecule has 3 aromatic rings. The van der Waals surface area contributed by atoms with Crippen molar-refractivity contribution in [3.05, 3.63) is 94.3 Å². The Labute approximate surface area is 174 Å². The molecule has 150 valence electrons. The van der Waals surface area contributed by atoms with Crippen LogP contribution in [0.1, 0.15) is 22.8 Å². The van der Waals surface area contributed by atoms with Gasteiger partial charge in [-0.05, 0) is 48.9 Å². The Morgan fingerprint density at radius 2 is 1.72 bits per heavy atom. The molecule has 0 saturated carbocycles. The molecule has 0 radical (unpaired) electrons. The van der Waals surface area contributed by atoms with Gasteiger partial charge in [0, 0.05) is 10.6 Å². The van der Waals surface area contributed by atoms with Gasteiger partial charge in [0.25, 0.3) is 10.0 Å². The number of nitrogens with zero attached hydrogens (tertiary/aromatic N) is 1. The summed E-state index contributed by atoms with van der Waals surface area (Å²) in [4.78, 5) is 0.148. The smallest absolute Gasteiger partial charge is 0.264 e. The van der Waals surface area contributed by atoms with Crippen LogP contribution >= 0.6 is 11.6 Å². The van der Waals surface area contributed by atoms with Crippen molar-refractivity contribution in [2.45, 2.75) is 24.5 Å². The molecule has 1 aliphatic rings. The van der Waals surface area contributed by atoms with E-state index >= 15 is 0 Å². The van der Waals surface area contributed by atoms with Gasteiger partial charge in [0.05, 0.1) is 23.7 Å². The molecule has 29 heavy (non-hydrogen) atoms. The van der Waals surface area contributed by atoms with Crippen LogP contribution in [-0.4, -0.2) is 15.0 Å². The fourth-order valence-corrected chi connectivity index (χ4v) is 4.95. The van der Waals surface area contributed by atoms with Crippen LogP contribution in [0.2, 0.25) is 5.02 Å². The molecule has 0 amide bonds. The summed E-state index contributed by atoms with van der Waals surface area (Å²) in [6.07, 6.45) is -0.525. The molecule has 0 spiro atoms. The highest BCUT2D eigenvalue weighted by molar-refractivity contribution is 7.92. The number of hydrogen-bond acceptors (Lipinski definition) is 3. The van der Waals surface area contributed by atoms with Crippen LogP contribution < -0.4 is 4.31 Å². The third kappa shape index (κ3) is 4.01. The van der Waals surface area contributed by atoms with E-state index in [0.29, 0.717) is 16.3 Å². The summed E-state index contributed by atoms with van der Waals surface area (Å²) in [6.45, 7) is 2.08. The molecular weight excluding hydrogens is 413 g/mol. The second-order valence-corrected chi connectivity index (χ2v) is 9.27. The summed E-state index contributed by atoms with van der Waals surface area (Å²) < 4.78 is 48.2. The Morgan fingerprint density at radius 3 is 2.41 bits per heavy atom. The van der Waals surface area contributed by atoms with E-state index in [-0.39, 0.29) is 18.0 Å². The highest BCUT2D eigenvalue weighted by Crippen LogP contribution is 2.36. The van der Waals surface area contributed by atoms with Gasteiger partial charge in [0.15, 0.2) is 0 Å². The monoisotopic (exact) mass is 431 g/mol. The zero-order chi connectivity index (χ0) is 20.6. The minimum atomic E-state index is -3.92. The molecule has 0 N–H and O–H groups in total. The lowest BCUT2D eigenvalue weighted by Crippen LogP contribution is -2.34. The summed E-state index contributed by atoms with van der Waals surface area (Å²) >= 11 is 5.98. The van der Waals surface area contributed by atoms with Gasteiger partial charge in [-0.2, -0.15) is 0 Å². The van der Waals surface area contributed by atoms with Gasteiger partial charge in [-0.3, -0.25) is 4.31 Å². The molecule has 0 aliphatic carbocycles. The van der Waals surface area contributed by atoms with E-state index in [1.54, 1.807) is 54.6 Å². The number of fused-ring (bicyclic) bond motifs is 1. The molecule has 7 heteroatoms. The molecule has 0 bridgehead atoms. The van der Waals surface area contributed by atoms with Crippen molar-refractivity contribution in [2.75, 3.05) is 10.8 Å². The maximum absolute atomic E-state index is 14.0. The predicted octanol–water partition coefficient (Wildman–Crippen LogP) is 5.25. The van der Waals surface area contributed by atoms with Crippen molar-refractivity contribution in [3.63, 3.8) is 0 Å². The molecule has 0 aromatic heterocycles. The molecular formula is C22H19ClFNO3S. The molecule has 1 heterocycles. The van der Waals surface area contributed by atoms with Gasteiger partial charge in [-0.1, -0.05) is 47.5 Å². The lowest BCUT2D eigenvalue weighted by molar-refractivity contribution is 0.0508. The maximum Gasteiger partial charge on any atom is 0.264 e. The van der Waals surface area contributed by atoms with E-state index in [1.165, 1.54) is 16.4 Å². The van der Waals surface area contributed by atoms with Crippen LogP contribution in [0.4, 0.5) is 10.1 Å². The Balaban J connectivity index is 1.81. The summed E-state index contributed by atoms with van der Waals surface area (Å²) in [5, 5.41) is 0.580. The Morgan fingerprint density at radius 1 is 1.03 bits per heavy atom. The fraction of sp³-hybridized carbons (Fsp3) is 0.182. The fourth-order valence-electron chi connectivity index (χ4n) is 3.33. The van der Waals surface area contributed by atoms with Crippen LogP contribution in [0, 0.1) is 12.7 Å². The topological polar surface area (TPSA) is 46.6 Å². The second kappa shape index (κ2) is 7.78.